The van der Waals surface area contributed by atoms with Crippen molar-refractivity contribution in [2.75, 3.05) is 6.61 Å². The van der Waals surface area contributed by atoms with Gasteiger partial charge in [-0.25, -0.2) is 0 Å². The van der Waals surface area contributed by atoms with Crippen LogP contribution in [0.1, 0.15) is 25.5 Å². The fourth-order valence-corrected chi connectivity index (χ4v) is 1.65. The van der Waals surface area contributed by atoms with Gasteiger partial charge in [-0.3, -0.25) is 0 Å². The van der Waals surface area contributed by atoms with Gasteiger partial charge in [-0.15, -0.1) is 0 Å². The molecule has 90 valence electrons. The van der Waals surface area contributed by atoms with Gasteiger partial charge in [0.25, 0.3) is 0 Å². The summed E-state index contributed by atoms with van der Waals surface area (Å²) in [6.07, 6.45) is 0. The topological polar surface area (TPSA) is 66.5 Å². The Bertz CT molecular complexity index is 394. The monoisotopic (exact) mass is 263 g/mol. The van der Waals surface area contributed by atoms with Crippen molar-refractivity contribution < 1.29 is 10.2 Å². The van der Waals surface area contributed by atoms with E-state index in [0.717, 1.165) is 0 Å². The Hall–Kier alpha value is -0.480. The zero-order valence-electron chi connectivity index (χ0n) is 9.17. The van der Waals surface area contributed by atoms with Crippen molar-refractivity contribution in [1.82, 2.24) is 0 Å². The molecule has 4 N–H and O–H groups in total. The van der Waals surface area contributed by atoms with Crippen molar-refractivity contribution in [3.05, 3.63) is 27.7 Å². The molecule has 1 aromatic rings. The molecule has 0 radical (unpaired) electrons. The Morgan fingerprint density at radius 3 is 2.44 bits per heavy atom. The van der Waals surface area contributed by atoms with E-state index in [1.165, 1.54) is 0 Å². The van der Waals surface area contributed by atoms with Crippen LogP contribution in [0.3, 0.4) is 0 Å². The Morgan fingerprint density at radius 1 is 1.38 bits per heavy atom. The summed E-state index contributed by atoms with van der Waals surface area (Å²) in [6.45, 7) is 3.52. The van der Waals surface area contributed by atoms with Gasteiger partial charge >= 0.3 is 0 Å². The lowest BCUT2D eigenvalue weighted by Crippen LogP contribution is -2.32. The maximum Gasteiger partial charge on any atom is 0.140 e. The molecule has 16 heavy (non-hydrogen) atoms. The molecule has 0 aliphatic rings. The number of rotatable bonds is 3. The number of benzene rings is 1. The molecule has 0 spiro atoms. The fraction of sp³-hybridized carbons (Fsp3) is 0.455. The van der Waals surface area contributed by atoms with Crippen LogP contribution in [-0.2, 0) is 0 Å². The zero-order valence-corrected chi connectivity index (χ0v) is 10.7. The third-order valence-electron chi connectivity index (χ3n) is 2.68. The number of hydrogen-bond donors (Lipinski definition) is 3. The van der Waals surface area contributed by atoms with Gasteiger partial charge in [0.2, 0.25) is 0 Å². The summed E-state index contributed by atoms with van der Waals surface area (Å²) in [5, 5.41) is 19.4. The summed E-state index contributed by atoms with van der Waals surface area (Å²) in [5.74, 6) is -0.122. The molecule has 0 bridgehead atoms. The van der Waals surface area contributed by atoms with E-state index in [1.54, 1.807) is 26.0 Å². The van der Waals surface area contributed by atoms with Crippen molar-refractivity contribution >= 4 is 23.2 Å². The lowest BCUT2D eigenvalue weighted by atomic mass is 9.81. The van der Waals surface area contributed by atoms with Crippen LogP contribution in [0.25, 0.3) is 0 Å². The maximum absolute atomic E-state index is 9.83. The molecule has 0 fully saturated rings. The fourth-order valence-electron chi connectivity index (χ4n) is 1.33. The van der Waals surface area contributed by atoms with Crippen LogP contribution in [0.2, 0.25) is 10.0 Å². The first-order valence-corrected chi connectivity index (χ1v) is 5.60. The molecular weight excluding hydrogens is 249 g/mol. The molecule has 0 saturated heterocycles. The van der Waals surface area contributed by atoms with Crippen molar-refractivity contribution in [1.29, 1.82) is 0 Å². The highest BCUT2D eigenvalue weighted by Gasteiger charge is 2.29. The average Bonchev–Trinajstić information content (AvgIpc) is 2.25. The highest BCUT2D eigenvalue weighted by atomic mass is 35.5. The number of nitrogens with two attached hydrogens (primary N) is 1. The Kier molecular flexibility index (Phi) is 4.07. The summed E-state index contributed by atoms with van der Waals surface area (Å²) in [6, 6.07) is 2.67. The average molecular weight is 264 g/mol. The van der Waals surface area contributed by atoms with Crippen LogP contribution in [-0.4, -0.2) is 16.8 Å². The van der Waals surface area contributed by atoms with Gasteiger partial charge in [-0.1, -0.05) is 43.1 Å². The highest BCUT2D eigenvalue weighted by molar-refractivity contribution is 6.43. The molecule has 0 aliphatic carbocycles. The Morgan fingerprint density at radius 2 is 1.94 bits per heavy atom. The lowest BCUT2D eigenvalue weighted by molar-refractivity contribution is 0.131. The normalized spacial score (nSPS) is 13.9. The smallest absolute Gasteiger partial charge is 0.140 e. The molecule has 0 amide bonds. The van der Waals surface area contributed by atoms with E-state index in [0.29, 0.717) is 5.56 Å². The van der Waals surface area contributed by atoms with Crippen LogP contribution in [0, 0.1) is 5.41 Å². The Labute approximate surface area is 105 Å². The molecule has 1 aromatic carbocycles. The number of aromatic hydroxyl groups is 1. The summed E-state index contributed by atoms with van der Waals surface area (Å²) in [5.41, 5.74) is 5.91. The number of aliphatic hydroxyl groups excluding tert-OH is 1. The van der Waals surface area contributed by atoms with E-state index in [1.807, 2.05) is 0 Å². The minimum absolute atomic E-state index is 0.0864. The van der Waals surface area contributed by atoms with Crippen molar-refractivity contribution in [2.24, 2.45) is 11.1 Å². The lowest BCUT2D eigenvalue weighted by Gasteiger charge is -2.30. The second-order valence-corrected chi connectivity index (χ2v) is 5.21. The van der Waals surface area contributed by atoms with E-state index in [2.05, 4.69) is 0 Å². The van der Waals surface area contributed by atoms with Gasteiger partial charge in [0.1, 0.15) is 10.8 Å². The second kappa shape index (κ2) is 4.80. The van der Waals surface area contributed by atoms with Gasteiger partial charge in [-0.2, -0.15) is 0 Å². The predicted octanol–water partition coefficient (Wildman–Crippen LogP) is 2.72. The van der Waals surface area contributed by atoms with Crippen LogP contribution >= 0.6 is 23.2 Å². The van der Waals surface area contributed by atoms with E-state index in [4.69, 9.17) is 28.9 Å². The first-order valence-electron chi connectivity index (χ1n) is 4.84. The summed E-state index contributed by atoms with van der Waals surface area (Å²) in [7, 11) is 0. The third-order valence-corrected chi connectivity index (χ3v) is 3.48. The van der Waals surface area contributed by atoms with Crippen LogP contribution in [0.15, 0.2) is 12.1 Å². The second-order valence-electron chi connectivity index (χ2n) is 4.42. The number of halogens is 2. The standard InChI is InChI=1S/C11H15Cl2NO2/c1-11(2,5-15)10(14)6-3-4-7(12)8(13)9(6)16/h3-4,10,15-16H,5,14H2,1-2H3/t10-/m0/s1. The molecule has 1 atom stereocenters. The number of aliphatic hydroxyl groups is 1. The van der Waals surface area contributed by atoms with E-state index in [9.17, 15) is 10.2 Å². The number of phenols is 1. The molecule has 0 aliphatic heterocycles. The van der Waals surface area contributed by atoms with Gasteiger partial charge in [0, 0.05) is 23.6 Å². The summed E-state index contributed by atoms with van der Waals surface area (Å²) < 4.78 is 0. The highest BCUT2D eigenvalue weighted by Crippen LogP contribution is 2.41. The van der Waals surface area contributed by atoms with E-state index < -0.39 is 11.5 Å². The van der Waals surface area contributed by atoms with Crippen LogP contribution in [0.5, 0.6) is 5.75 Å². The van der Waals surface area contributed by atoms with Crippen LogP contribution < -0.4 is 5.73 Å². The molecule has 0 unspecified atom stereocenters. The molecule has 0 saturated carbocycles. The van der Waals surface area contributed by atoms with Crippen molar-refractivity contribution in [3.63, 3.8) is 0 Å². The minimum atomic E-state index is -0.547. The maximum atomic E-state index is 9.83. The van der Waals surface area contributed by atoms with Crippen LogP contribution in [0.4, 0.5) is 0 Å². The van der Waals surface area contributed by atoms with Gasteiger partial charge < -0.3 is 15.9 Å². The van der Waals surface area contributed by atoms with Crippen molar-refractivity contribution in [2.45, 2.75) is 19.9 Å². The Balaban J connectivity index is 3.20. The molecule has 1 rings (SSSR count). The SMILES string of the molecule is CC(C)(CO)[C@@H](N)c1ccc(Cl)c(Cl)c1O. The molecule has 0 aromatic heterocycles. The van der Waals surface area contributed by atoms with Gasteiger partial charge in [0.15, 0.2) is 0 Å². The number of hydrogen-bond acceptors (Lipinski definition) is 3. The predicted molar refractivity (Wildman–Crippen MR) is 65.9 cm³/mol. The quantitative estimate of drug-likeness (QED) is 0.786. The molecule has 3 nitrogen and oxygen atoms in total. The molecule has 5 heteroatoms. The summed E-state index contributed by atoms with van der Waals surface area (Å²) in [4.78, 5) is 0. The van der Waals surface area contributed by atoms with Gasteiger partial charge in [0.05, 0.1) is 5.02 Å². The summed E-state index contributed by atoms with van der Waals surface area (Å²) >= 11 is 11.6. The van der Waals surface area contributed by atoms with E-state index >= 15 is 0 Å². The molecule has 0 heterocycles. The zero-order chi connectivity index (χ0) is 12.5. The first-order chi connectivity index (χ1) is 7.31. The molecular formula is C11H15Cl2NO2. The van der Waals surface area contributed by atoms with E-state index in [-0.39, 0.29) is 22.4 Å². The minimum Gasteiger partial charge on any atom is -0.506 e. The number of phenolic OH excluding ortho intramolecular Hbond substituents is 1. The third kappa shape index (κ3) is 2.43. The van der Waals surface area contributed by atoms with Gasteiger partial charge in [-0.05, 0) is 6.07 Å². The first kappa shape index (κ1) is 13.6. The largest absolute Gasteiger partial charge is 0.506 e. The van der Waals surface area contributed by atoms with Crippen molar-refractivity contribution in [3.8, 4) is 5.75 Å².